The fraction of sp³-hybridized carbons (Fsp3) is 0.421. The van der Waals surface area contributed by atoms with E-state index in [1.54, 1.807) is 5.38 Å². The van der Waals surface area contributed by atoms with Crippen molar-refractivity contribution in [3.8, 4) is 0 Å². The van der Waals surface area contributed by atoms with Crippen LogP contribution in [0.5, 0.6) is 0 Å². The van der Waals surface area contributed by atoms with Gasteiger partial charge in [0.2, 0.25) is 0 Å². The molecule has 0 aliphatic carbocycles. The van der Waals surface area contributed by atoms with Gasteiger partial charge in [0.15, 0.2) is 9.50 Å². The first-order valence-electron chi connectivity index (χ1n) is 10.2. The van der Waals surface area contributed by atoms with Gasteiger partial charge >= 0.3 is 12.1 Å². The van der Waals surface area contributed by atoms with Crippen LogP contribution in [0.15, 0.2) is 14.9 Å². The predicted octanol–water partition coefficient (Wildman–Crippen LogP) is 3.54. The number of ether oxygens (including phenoxy) is 1. The number of thiazole rings is 1. The molecular formula is C19H20ClF3N6O5S2. The Balaban J connectivity index is 0.000000454. The van der Waals surface area contributed by atoms with Crippen LogP contribution in [0.2, 0.25) is 5.02 Å². The zero-order chi connectivity index (χ0) is 26.5. The summed E-state index contributed by atoms with van der Waals surface area (Å²) in [5, 5.41) is 10.8. The second kappa shape index (κ2) is 12.1. The third-order valence-corrected chi connectivity index (χ3v) is 6.84. The summed E-state index contributed by atoms with van der Waals surface area (Å²) >= 11 is 9.27. The van der Waals surface area contributed by atoms with Gasteiger partial charge in [0.05, 0.1) is 30.7 Å². The quantitative estimate of drug-likeness (QED) is 0.298. The van der Waals surface area contributed by atoms with Gasteiger partial charge in [-0.3, -0.25) is 9.63 Å². The molecule has 1 aliphatic heterocycles. The summed E-state index contributed by atoms with van der Waals surface area (Å²) in [6.07, 6.45) is -4.31. The third-order valence-electron chi connectivity index (χ3n) is 4.62. The Morgan fingerprint density at radius 1 is 1.33 bits per heavy atom. The normalized spacial score (nSPS) is 13.9. The average molecular weight is 569 g/mol. The van der Waals surface area contributed by atoms with Crippen molar-refractivity contribution in [1.29, 1.82) is 0 Å². The Labute approximate surface area is 215 Å². The molecule has 0 bridgehead atoms. The number of hydrogen-bond donors (Lipinski definition) is 3. The van der Waals surface area contributed by atoms with Crippen LogP contribution in [0, 0.1) is 0 Å². The number of hydrogen-bond acceptors (Lipinski definition) is 10. The van der Waals surface area contributed by atoms with Gasteiger partial charge in [-0.2, -0.15) is 13.2 Å². The molecule has 0 spiro atoms. The van der Waals surface area contributed by atoms with Gasteiger partial charge in [0.1, 0.15) is 17.2 Å². The van der Waals surface area contributed by atoms with Crippen molar-refractivity contribution in [2.75, 3.05) is 38.3 Å². The number of carboxylic acids is 1. The molecule has 36 heavy (non-hydrogen) atoms. The molecule has 0 unspecified atom stereocenters. The monoisotopic (exact) mass is 568 g/mol. The number of aliphatic carboxylic acids is 1. The number of carbonyl (C=O) groups excluding carboxylic acids is 1. The Morgan fingerprint density at radius 3 is 2.58 bits per heavy atom. The van der Waals surface area contributed by atoms with E-state index >= 15 is 0 Å². The molecule has 3 N–H and O–H groups in total. The maximum absolute atomic E-state index is 11.8. The molecule has 1 aliphatic rings. The minimum Gasteiger partial charge on any atom is -0.475 e. The van der Waals surface area contributed by atoms with Gasteiger partial charge in [0.25, 0.3) is 5.91 Å². The van der Waals surface area contributed by atoms with Crippen LogP contribution in [0.1, 0.15) is 23.1 Å². The number of aromatic nitrogens is 4. The van der Waals surface area contributed by atoms with Crippen molar-refractivity contribution >= 4 is 63.4 Å². The van der Waals surface area contributed by atoms with E-state index in [0.29, 0.717) is 33.4 Å². The Morgan fingerprint density at radius 2 is 2.00 bits per heavy atom. The number of hydroxylamine groups is 1. The summed E-state index contributed by atoms with van der Waals surface area (Å²) < 4.78 is 37.9. The molecule has 0 radical (unpaired) electrons. The number of fused-ring (bicyclic) bond motifs is 1. The fourth-order valence-electron chi connectivity index (χ4n) is 2.99. The smallest absolute Gasteiger partial charge is 0.475 e. The van der Waals surface area contributed by atoms with E-state index in [4.69, 9.17) is 31.2 Å². The zero-order valence-electron chi connectivity index (χ0n) is 18.8. The van der Waals surface area contributed by atoms with E-state index in [9.17, 15) is 18.0 Å². The van der Waals surface area contributed by atoms with Crippen molar-refractivity contribution in [1.82, 2.24) is 25.4 Å². The lowest BCUT2D eigenvalue weighted by Gasteiger charge is -2.28. The van der Waals surface area contributed by atoms with Crippen LogP contribution in [0.25, 0.3) is 11.0 Å². The van der Waals surface area contributed by atoms with Gasteiger partial charge in [-0.15, -0.1) is 11.3 Å². The maximum atomic E-state index is 11.8. The summed E-state index contributed by atoms with van der Waals surface area (Å²) in [6, 6.07) is 0. The number of rotatable bonds is 6. The van der Waals surface area contributed by atoms with E-state index in [1.807, 2.05) is 6.92 Å². The zero-order valence-corrected chi connectivity index (χ0v) is 21.2. The van der Waals surface area contributed by atoms with Gasteiger partial charge in [-0.1, -0.05) is 18.5 Å². The first-order valence-corrected chi connectivity index (χ1v) is 12.3. The minimum absolute atomic E-state index is 0.282. The highest BCUT2D eigenvalue weighted by atomic mass is 35.5. The highest BCUT2D eigenvalue weighted by Gasteiger charge is 2.38. The van der Waals surface area contributed by atoms with Crippen LogP contribution in [-0.2, 0) is 20.8 Å². The molecule has 11 nitrogen and oxygen atoms in total. The van der Waals surface area contributed by atoms with Crippen LogP contribution in [-0.4, -0.2) is 76.5 Å². The van der Waals surface area contributed by atoms with Crippen molar-refractivity contribution in [3.63, 3.8) is 0 Å². The number of nitrogens with one attached hydrogen (secondary N) is 2. The number of carbonyl (C=O) groups is 2. The third kappa shape index (κ3) is 6.76. The van der Waals surface area contributed by atoms with Gasteiger partial charge in [-0.05, 0) is 18.2 Å². The van der Waals surface area contributed by atoms with Crippen LogP contribution in [0.4, 0.5) is 19.0 Å². The molecule has 17 heteroatoms. The Kier molecular flexibility index (Phi) is 9.35. The average Bonchev–Trinajstić information content (AvgIpc) is 3.43. The number of nitrogens with zero attached hydrogens (tertiary/aromatic N) is 4. The maximum Gasteiger partial charge on any atom is 0.490 e. The second-order valence-electron chi connectivity index (χ2n) is 6.96. The topological polar surface area (TPSA) is 143 Å². The van der Waals surface area contributed by atoms with E-state index < -0.39 is 18.1 Å². The molecular weight excluding hydrogens is 549 g/mol. The lowest BCUT2D eigenvalue weighted by Crippen LogP contribution is -2.37. The van der Waals surface area contributed by atoms with Crippen molar-refractivity contribution in [2.45, 2.75) is 29.0 Å². The SMILES string of the molecule is CCc1[nH]c2nc(Sc3nc(C(=O)NOC)cs3)nc(N3CCOCC3)c2c1Cl.O=C(O)C(F)(F)F. The highest BCUT2D eigenvalue weighted by molar-refractivity contribution is 8.00. The lowest BCUT2D eigenvalue weighted by atomic mass is 10.2. The predicted molar refractivity (Wildman–Crippen MR) is 126 cm³/mol. The number of anilines is 1. The Hall–Kier alpha value is -2.66. The second-order valence-corrected chi connectivity index (χ2v) is 9.41. The van der Waals surface area contributed by atoms with Crippen molar-refractivity contribution < 1.29 is 37.4 Å². The first-order chi connectivity index (χ1) is 17.0. The number of aryl methyl sites for hydroxylation is 1. The molecule has 3 aromatic heterocycles. The summed E-state index contributed by atoms with van der Waals surface area (Å²) in [7, 11) is 1.38. The van der Waals surface area contributed by atoms with Gasteiger partial charge in [0, 0.05) is 24.2 Å². The number of morpholine rings is 1. The number of H-pyrrole nitrogens is 1. The standard InChI is InChI=1S/C17H19ClN6O3S2.C2HF3O2/c1-3-9-12(18)11-13(19-9)21-16(22-14(11)24-4-6-27-7-5-24)29-17-20-10(8-28-17)15(25)23-26-2;3-2(4,5)1(6)7/h8H,3-7H2,1-2H3,(H,23,25)(H,19,21,22);(H,6,7). The number of amides is 1. The van der Waals surface area contributed by atoms with Crippen LogP contribution in [0.3, 0.4) is 0 Å². The summed E-state index contributed by atoms with van der Waals surface area (Å²) in [5.41, 5.74) is 4.16. The summed E-state index contributed by atoms with van der Waals surface area (Å²) in [6.45, 7) is 4.79. The van der Waals surface area contributed by atoms with Gasteiger partial charge in [-0.25, -0.2) is 25.2 Å². The molecule has 4 heterocycles. The molecule has 1 saturated heterocycles. The largest absolute Gasteiger partial charge is 0.490 e. The fourth-order valence-corrected chi connectivity index (χ4v) is 5.00. The minimum atomic E-state index is -5.08. The van der Waals surface area contributed by atoms with Crippen LogP contribution >= 0.6 is 34.7 Å². The van der Waals surface area contributed by atoms with E-state index in [-0.39, 0.29) is 5.69 Å². The van der Waals surface area contributed by atoms with Crippen molar-refractivity contribution in [3.05, 3.63) is 21.8 Å². The Bertz CT molecular complexity index is 1230. The van der Waals surface area contributed by atoms with Crippen LogP contribution < -0.4 is 10.4 Å². The molecule has 0 atom stereocenters. The summed E-state index contributed by atoms with van der Waals surface area (Å²) in [4.78, 5) is 44.6. The molecule has 3 aromatic rings. The molecule has 4 rings (SSSR count). The van der Waals surface area contributed by atoms with E-state index in [0.717, 1.165) is 36.4 Å². The molecule has 1 fully saturated rings. The van der Waals surface area contributed by atoms with Crippen molar-refractivity contribution in [2.24, 2.45) is 0 Å². The number of aromatic amines is 1. The molecule has 0 aromatic carbocycles. The number of alkyl halides is 3. The molecule has 196 valence electrons. The van der Waals surface area contributed by atoms with Gasteiger partial charge < -0.3 is 19.7 Å². The molecule has 0 saturated carbocycles. The number of carboxylic acid groups (broad SMARTS) is 1. The number of halogens is 4. The lowest BCUT2D eigenvalue weighted by molar-refractivity contribution is -0.192. The van der Waals surface area contributed by atoms with E-state index in [1.165, 1.54) is 30.2 Å². The summed E-state index contributed by atoms with van der Waals surface area (Å²) in [5.74, 6) is -2.37. The highest BCUT2D eigenvalue weighted by Crippen LogP contribution is 2.37. The first kappa shape index (κ1) is 27.9. The molecule has 1 amide bonds. The van der Waals surface area contributed by atoms with E-state index in [2.05, 4.69) is 30.2 Å².